The van der Waals surface area contributed by atoms with Crippen LogP contribution in [-0.4, -0.2) is 22.6 Å². The lowest BCUT2D eigenvalue weighted by atomic mass is 9.88. The highest BCUT2D eigenvalue weighted by Crippen LogP contribution is 2.39. The van der Waals surface area contributed by atoms with Gasteiger partial charge in [0.1, 0.15) is 0 Å². The van der Waals surface area contributed by atoms with Crippen molar-refractivity contribution in [2.45, 2.75) is 76.5 Å². The van der Waals surface area contributed by atoms with Gasteiger partial charge in [0.25, 0.3) is 0 Å². The van der Waals surface area contributed by atoms with Gasteiger partial charge in [0.15, 0.2) is 0 Å². The zero-order valence-electron chi connectivity index (χ0n) is 16.8. The molecular weight excluding hydrogens is 330 g/mol. The van der Waals surface area contributed by atoms with Crippen molar-refractivity contribution in [3.8, 4) is 0 Å². The quantitative estimate of drug-likeness (QED) is 0.528. The lowest BCUT2D eigenvalue weighted by Gasteiger charge is -2.43. The van der Waals surface area contributed by atoms with E-state index >= 15 is 0 Å². The topological polar surface area (TPSA) is 23.5 Å². The Kier molecular flexibility index (Phi) is 7.92. The highest BCUT2D eigenvalue weighted by Gasteiger charge is 2.34. The van der Waals surface area contributed by atoms with Gasteiger partial charge in [-0.05, 0) is 36.9 Å². The van der Waals surface area contributed by atoms with E-state index < -0.39 is 6.10 Å². The number of aliphatic hydroxyl groups is 1. The number of aliphatic hydroxyl groups excluding tert-OH is 1. The van der Waals surface area contributed by atoms with Crippen LogP contribution in [0.2, 0.25) is 0 Å². The second kappa shape index (κ2) is 10.6. The van der Waals surface area contributed by atoms with Gasteiger partial charge in [0, 0.05) is 6.04 Å². The Hall–Kier alpha value is -1.64. The Morgan fingerprint density at radius 1 is 0.889 bits per heavy atom. The van der Waals surface area contributed by atoms with E-state index in [0.717, 1.165) is 12.1 Å². The summed E-state index contributed by atoms with van der Waals surface area (Å²) in [7, 11) is 0. The van der Waals surface area contributed by atoms with Crippen LogP contribution in [0.3, 0.4) is 0 Å². The third kappa shape index (κ3) is 5.43. The van der Waals surface area contributed by atoms with Gasteiger partial charge in [-0.2, -0.15) is 0 Å². The first-order chi connectivity index (χ1) is 13.3. The summed E-state index contributed by atoms with van der Waals surface area (Å²) in [4.78, 5) is 2.61. The molecule has 0 radical (unpaired) electrons. The highest BCUT2D eigenvalue weighted by molar-refractivity contribution is 5.26. The fourth-order valence-corrected chi connectivity index (χ4v) is 4.54. The Morgan fingerprint density at radius 2 is 1.56 bits per heavy atom. The van der Waals surface area contributed by atoms with Gasteiger partial charge in [0.05, 0.1) is 12.1 Å². The van der Waals surface area contributed by atoms with E-state index in [-0.39, 0.29) is 6.04 Å². The Balaban J connectivity index is 1.84. The largest absolute Gasteiger partial charge is 0.386 e. The molecule has 1 N–H and O–H groups in total. The van der Waals surface area contributed by atoms with Crippen molar-refractivity contribution in [3.63, 3.8) is 0 Å². The minimum atomic E-state index is -0.496. The summed E-state index contributed by atoms with van der Waals surface area (Å²) in [6, 6.07) is 21.4. The summed E-state index contributed by atoms with van der Waals surface area (Å²) in [6.07, 6.45) is 9.83. The van der Waals surface area contributed by atoms with Crippen molar-refractivity contribution in [2.24, 2.45) is 0 Å². The number of benzene rings is 2. The smallest absolute Gasteiger partial charge is 0.0986 e. The number of hydrogen-bond donors (Lipinski definition) is 1. The molecule has 1 aliphatic heterocycles. The number of piperidine rings is 1. The molecule has 2 aromatic rings. The van der Waals surface area contributed by atoms with Gasteiger partial charge in [-0.15, -0.1) is 0 Å². The van der Waals surface area contributed by atoms with Crippen molar-refractivity contribution >= 4 is 0 Å². The summed E-state index contributed by atoms with van der Waals surface area (Å²) in [5, 5.41) is 11.4. The SMILES string of the molecule is CCCCCCC1CCCCN1C(c1ccccc1)C(O)c1ccccc1. The van der Waals surface area contributed by atoms with Crippen LogP contribution in [-0.2, 0) is 0 Å². The molecule has 2 heteroatoms. The third-order valence-corrected chi connectivity index (χ3v) is 6.00. The lowest BCUT2D eigenvalue weighted by Crippen LogP contribution is -2.44. The Bertz CT molecular complexity index is 642. The van der Waals surface area contributed by atoms with Gasteiger partial charge in [-0.3, -0.25) is 4.90 Å². The molecule has 27 heavy (non-hydrogen) atoms. The van der Waals surface area contributed by atoms with Crippen LogP contribution in [0.5, 0.6) is 0 Å². The third-order valence-electron chi connectivity index (χ3n) is 6.00. The predicted octanol–water partition coefficient (Wildman–Crippen LogP) is 6.29. The molecule has 2 nitrogen and oxygen atoms in total. The van der Waals surface area contributed by atoms with Crippen molar-refractivity contribution in [1.29, 1.82) is 0 Å². The van der Waals surface area contributed by atoms with E-state index in [2.05, 4.69) is 54.3 Å². The molecule has 146 valence electrons. The summed E-state index contributed by atoms with van der Waals surface area (Å²) < 4.78 is 0. The molecule has 0 aromatic heterocycles. The van der Waals surface area contributed by atoms with Crippen LogP contribution in [0.1, 0.15) is 81.6 Å². The first kappa shape index (κ1) is 20.1. The van der Waals surface area contributed by atoms with Crippen LogP contribution in [0.25, 0.3) is 0 Å². The van der Waals surface area contributed by atoms with Crippen LogP contribution in [0.15, 0.2) is 60.7 Å². The summed E-state index contributed by atoms with van der Waals surface area (Å²) in [6.45, 7) is 3.36. The van der Waals surface area contributed by atoms with Crippen LogP contribution in [0.4, 0.5) is 0 Å². The van der Waals surface area contributed by atoms with Crippen molar-refractivity contribution in [2.75, 3.05) is 6.54 Å². The molecule has 3 unspecified atom stereocenters. The van der Waals surface area contributed by atoms with Crippen LogP contribution < -0.4 is 0 Å². The van der Waals surface area contributed by atoms with Gasteiger partial charge in [-0.25, -0.2) is 0 Å². The monoisotopic (exact) mass is 365 g/mol. The van der Waals surface area contributed by atoms with E-state index in [1.807, 2.05) is 18.2 Å². The van der Waals surface area contributed by atoms with Gasteiger partial charge >= 0.3 is 0 Å². The minimum absolute atomic E-state index is 0.0325. The summed E-state index contributed by atoms with van der Waals surface area (Å²) >= 11 is 0. The van der Waals surface area contributed by atoms with E-state index in [4.69, 9.17) is 0 Å². The first-order valence-electron chi connectivity index (χ1n) is 10.8. The summed E-state index contributed by atoms with van der Waals surface area (Å²) in [5.41, 5.74) is 2.25. The van der Waals surface area contributed by atoms with E-state index in [1.165, 1.54) is 56.9 Å². The maximum absolute atomic E-state index is 11.4. The molecule has 0 saturated carbocycles. The number of rotatable bonds is 9. The molecule has 1 fully saturated rings. The fourth-order valence-electron chi connectivity index (χ4n) is 4.54. The number of unbranched alkanes of at least 4 members (excludes halogenated alkanes) is 3. The van der Waals surface area contributed by atoms with Crippen molar-refractivity contribution < 1.29 is 5.11 Å². The second-order valence-electron chi connectivity index (χ2n) is 7.95. The molecular formula is C25H35NO. The molecule has 2 aromatic carbocycles. The molecule has 1 saturated heterocycles. The second-order valence-corrected chi connectivity index (χ2v) is 7.95. The molecule has 0 amide bonds. The lowest BCUT2D eigenvalue weighted by molar-refractivity contribution is 0.00158. The molecule has 3 atom stereocenters. The zero-order chi connectivity index (χ0) is 18.9. The van der Waals surface area contributed by atoms with Gasteiger partial charge < -0.3 is 5.11 Å². The fraction of sp³-hybridized carbons (Fsp3) is 0.520. The molecule has 1 aliphatic rings. The van der Waals surface area contributed by atoms with Crippen molar-refractivity contribution in [3.05, 3.63) is 71.8 Å². The average molecular weight is 366 g/mol. The number of likely N-dealkylation sites (tertiary alicyclic amines) is 1. The van der Waals surface area contributed by atoms with Crippen LogP contribution >= 0.6 is 0 Å². The standard InChI is InChI=1S/C25H35NO/c1-2-3-4-11-18-23-19-12-13-20-26(23)24(21-14-7-5-8-15-21)25(27)22-16-9-6-10-17-22/h5-10,14-17,23-25,27H,2-4,11-13,18-20H2,1H3. The van der Waals surface area contributed by atoms with Crippen molar-refractivity contribution in [1.82, 2.24) is 4.90 Å². The average Bonchev–Trinajstić information content (AvgIpc) is 2.74. The maximum atomic E-state index is 11.4. The Morgan fingerprint density at radius 3 is 2.22 bits per heavy atom. The molecule has 1 heterocycles. The van der Waals surface area contributed by atoms with E-state index in [9.17, 15) is 5.11 Å². The first-order valence-corrected chi connectivity index (χ1v) is 10.8. The molecule has 3 rings (SSSR count). The molecule has 0 bridgehead atoms. The number of hydrogen-bond acceptors (Lipinski definition) is 2. The Labute approximate surface area is 165 Å². The van der Waals surface area contributed by atoms with E-state index in [1.54, 1.807) is 0 Å². The maximum Gasteiger partial charge on any atom is 0.0986 e. The predicted molar refractivity (Wildman–Crippen MR) is 114 cm³/mol. The minimum Gasteiger partial charge on any atom is -0.386 e. The molecule has 0 aliphatic carbocycles. The van der Waals surface area contributed by atoms with Gasteiger partial charge in [-0.1, -0.05) is 99.7 Å². The highest BCUT2D eigenvalue weighted by atomic mass is 16.3. The number of nitrogens with zero attached hydrogens (tertiary/aromatic N) is 1. The zero-order valence-corrected chi connectivity index (χ0v) is 16.8. The normalized spacial score (nSPS) is 20.3. The summed E-state index contributed by atoms with van der Waals surface area (Å²) in [5.74, 6) is 0. The van der Waals surface area contributed by atoms with E-state index in [0.29, 0.717) is 6.04 Å². The van der Waals surface area contributed by atoms with Crippen LogP contribution in [0, 0.1) is 0 Å². The molecule has 0 spiro atoms. The van der Waals surface area contributed by atoms with Gasteiger partial charge in [0.2, 0.25) is 0 Å².